The average molecular weight is 528 g/mol. The Bertz CT molecular complexity index is 1350. The molecule has 0 spiro atoms. The SMILES string of the molecule is NC(=O)COc1c(C=Nn2c(C3CCCCC3)nc3ccc(Br)cc3c2=O)cccc1[N+](=O)[O-]. The first kappa shape index (κ1) is 23.6. The first-order valence-corrected chi connectivity index (χ1v) is 11.6. The number of nitro groups is 1. The van der Waals surface area contributed by atoms with Crippen molar-refractivity contribution in [2.24, 2.45) is 10.8 Å². The summed E-state index contributed by atoms with van der Waals surface area (Å²) in [6.45, 7) is -0.537. The highest BCUT2D eigenvalue weighted by molar-refractivity contribution is 9.10. The van der Waals surface area contributed by atoms with Crippen molar-refractivity contribution >= 4 is 44.6 Å². The van der Waals surface area contributed by atoms with E-state index in [1.807, 2.05) is 6.07 Å². The Kier molecular flexibility index (Phi) is 7.01. The summed E-state index contributed by atoms with van der Waals surface area (Å²) in [4.78, 5) is 40.3. The lowest BCUT2D eigenvalue weighted by Gasteiger charge is -2.22. The zero-order chi connectivity index (χ0) is 24.2. The van der Waals surface area contributed by atoms with E-state index >= 15 is 0 Å². The molecular formula is C23H22BrN5O5. The van der Waals surface area contributed by atoms with Gasteiger partial charge in [-0.25, -0.2) is 4.98 Å². The lowest BCUT2D eigenvalue weighted by Crippen LogP contribution is -2.25. The molecule has 1 amide bonds. The number of ether oxygens (including phenoxy) is 1. The number of amides is 1. The van der Waals surface area contributed by atoms with Gasteiger partial charge in [0.2, 0.25) is 5.75 Å². The highest BCUT2D eigenvalue weighted by atomic mass is 79.9. The van der Waals surface area contributed by atoms with Crippen LogP contribution < -0.4 is 16.0 Å². The van der Waals surface area contributed by atoms with E-state index in [9.17, 15) is 19.7 Å². The van der Waals surface area contributed by atoms with Crippen molar-refractivity contribution in [3.05, 3.63) is 72.7 Å². The summed E-state index contributed by atoms with van der Waals surface area (Å²) in [5.41, 5.74) is 5.27. The second-order valence-corrected chi connectivity index (χ2v) is 8.95. The van der Waals surface area contributed by atoms with Gasteiger partial charge in [0.15, 0.2) is 6.61 Å². The number of carbonyl (C=O) groups is 1. The van der Waals surface area contributed by atoms with E-state index in [1.165, 1.54) is 23.0 Å². The van der Waals surface area contributed by atoms with Gasteiger partial charge < -0.3 is 10.5 Å². The van der Waals surface area contributed by atoms with Crippen LogP contribution in [0.25, 0.3) is 10.9 Å². The minimum absolute atomic E-state index is 0.0716. The predicted octanol–water partition coefficient (Wildman–Crippen LogP) is 3.86. The van der Waals surface area contributed by atoms with Crippen molar-refractivity contribution in [3.8, 4) is 5.75 Å². The van der Waals surface area contributed by atoms with Crippen LogP contribution >= 0.6 is 15.9 Å². The van der Waals surface area contributed by atoms with Crippen molar-refractivity contribution in [2.45, 2.75) is 38.0 Å². The Balaban J connectivity index is 1.85. The third-order valence-electron chi connectivity index (χ3n) is 5.70. The number of aromatic nitrogens is 2. The molecule has 11 heteroatoms. The summed E-state index contributed by atoms with van der Waals surface area (Å²) in [5, 5.41) is 16.3. The fourth-order valence-corrected chi connectivity index (χ4v) is 4.47. The van der Waals surface area contributed by atoms with Gasteiger partial charge in [-0.2, -0.15) is 9.78 Å². The zero-order valence-electron chi connectivity index (χ0n) is 18.1. The van der Waals surface area contributed by atoms with Gasteiger partial charge in [-0.05, 0) is 37.1 Å². The van der Waals surface area contributed by atoms with Gasteiger partial charge in [0.1, 0.15) is 5.82 Å². The van der Waals surface area contributed by atoms with Crippen LogP contribution in [-0.2, 0) is 4.79 Å². The Morgan fingerprint density at radius 1 is 1.29 bits per heavy atom. The first-order valence-electron chi connectivity index (χ1n) is 10.8. The molecule has 34 heavy (non-hydrogen) atoms. The van der Waals surface area contributed by atoms with E-state index in [0.717, 1.165) is 36.6 Å². The molecule has 4 rings (SSSR count). The molecule has 1 heterocycles. The molecule has 1 fully saturated rings. The highest BCUT2D eigenvalue weighted by Gasteiger charge is 2.23. The normalized spacial score (nSPS) is 14.5. The third kappa shape index (κ3) is 4.98. The summed E-state index contributed by atoms with van der Waals surface area (Å²) in [7, 11) is 0. The lowest BCUT2D eigenvalue weighted by molar-refractivity contribution is -0.385. The molecule has 176 valence electrons. The van der Waals surface area contributed by atoms with Gasteiger partial charge >= 0.3 is 5.69 Å². The van der Waals surface area contributed by atoms with Crippen molar-refractivity contribution in [3.63, 3.8) is 0 Å². The second kappa shape index (κ2) is 10.1. The number of primary amides is 1. The number of hydrogen-bond acceptors (Lipinski definition) is 7. The van der Waals surface area contributed by atoms with Crippen LogP contribution in [0.15, 0.2) is 50.8 Å². The number of nitro benzene ring substituents is 1. The molecule has 3 aromatic rings. The van der Waals surface area contributed by atoms with Gasteiger partial charge in [-0.15, -0.1) is 0 Å². The largest absolute Gasteiger partial charge is 0.476 e. The molecule has 1 saturated carbocycles. The van der Waals surface area contributed by atoms with Crippen molar-refractivity contribution in [1.29, 1.82) is 0 Å². The molecule has 2 aromatic carbocycles. The Morgan fingerprint density at radius 3 is 2.76 bits per heavy atom. The van der Waals surface area contributed by atoms with Crippen LogP contribution in [0.2, 0.25) is 0 Å². The number of benzene rings is 2. The van der Waals surface area contributed by atoms with Gasteiger partial charge in [-0.1, -0.05) is 41.3 Å². The van der Waals surface area contributed by atoms with Gasteiger partial charge in [0.05, 0.1) is 22.0 Å². The summed E-state index contributed by atoms with van der Waals surface area (Å²) >= 11 is 3.39. The number of carbonyl (C=O) groups excluding carboxylic acids is 1. The number of rotatable bonds is 7. The van der Waals surface area contributed by atoms with E-state index < -0.39 is 17.4 Å². The number of halogens is 1. The lowest BCUT2D eigenvalue weighted by atomic mass is 9.88. The molecule has 0 unspecified atom stereocenters. The highest BCUT2D eigenvalue weighted by Crippen LogP contribution is 2.33. The molecule has 1 aliphatic rings. The van der Waals surface area contributed by atoms with Gasteiger partial charge in [0, 0.05) is 22.0 Å². The van der Waals surface area contributed by atoms with Gasteiger partial charge in [0.25, 0.3) is 11.5 Å². The summed E-state index contributed by atoms with van der Waals surface area (Å²) in [5.74, 6) is -0.303. The summed E-state index contributed by atoms with van der Waals surface area (Å²) in [6, 6.07) is 9.58. The Hall–Kier alpha value is -3.60. The number of hydrogen-bond donors (Lipinski definition) is 1. The van der Waals surface area contributed by atoms with Crippen LogP contribution in [0.3, 0.4) is 0 Å². The van der Waals surface area contributed by atoms with Crippen LogP contribution in [0.4, 0.5) is 5.69 Å². The predicted molar refractivity (Wildman–Crippen MR) is 130 cm³/mol. The van der Waals surface area contributed by atoms with Crippen LogP contribution in [0.5, 0.6) is 5.75 Å². The van der Waals surface area contributed by atoms with E-state index in [0.29, 0.717) is 16.7 Å². The maximum absolute atomic E-state index is 13.4. The molecule has 1 aromatic heterocycles. The maximum atomic E-state index is 13.4. The molecule has 0 atom stereocenters. The topological polar surface area (TPSA) is 143 Å². The van der Waals surface area contributed by atoms with Crippen molar-refractivity contribution in [2.75, 3.05) is 6.61 Å². The Morgan fingerprint density at radius 2 is 2.06 bits per heavy atom. The van der Waals surface area contributed by atoms with E-state index in [-0.39, 0.29) is 28.5 Å². The third-order valence-corrected chi connectivity index (χ3v) is 6.19. The average Bonchev–Trinajstić information content (AvgIpc) is 2.83. The number of nitrogens with two attached hydrogens (primary N) is 1. The molecule has 2 N–H and O–H groups in total. The number of fused-ring (bicyclic) bond motifs is 1. The summed E-state index contributed by atoms with van der Waals surface area (Å²) in [6.07, 6.45) is 6.32. The van der Waals surface area contributed by atoms with E-state index in [1.54, 1.807) is 18.2 Å². The minimum Gasteiger partial charge on any atom is -0.476 e. The molecule has 10 nitrogen and oxygen atoms in total. The Labute approximate surface area is 202 Å². The van der Waals surface area contributed by atoms with E-state index in [4.69, 9.17) is 15.5 Å². The quantitative estimate of drug-likeness (QED) is 0.280. The molecular weight excluding hydrogens is 506 g/mol. The van der Waals surface area contributed by atoms with Crippen LogP contribution in [-0.4, -0.2) is 33.3 Å². The molecule has 0 aliphatic heterocycles. The molecule has 1 aliphatic carbocycles. The van der Waals surface area contributed by atoms with Crippen LogP contribution in [0.1, 0.15) is 49.4 Å². The number of nitrogens with zero attached hydrogens (tertiary/aromatic N) is 4. The van der Waals surface area contributed by atoms with Crippen LogP contribution in [0, 0.1) is 10.1 Å². The van der Waals surface area contributed by atoms with Crippen molar-refractivity contribution in [1.82, 2.24) is 9.66 Å². The zero-order valence-corrected chi connectivity index (χ0v) is 19.7. The fraction of sp³-hybridized carbons (Fsp3) is 0.304. The maximum Gasteiger partial charge on any atom is 0.311 e. The minimum atomic E-state index is -0.777. The van der Waals surface area contributed by atoms with E-state index in [2.05, 4.69) is 21.0 Å². The van der Waals surface area contributed by atoms with Crippen molar-refractivity contribution < 1.29 is 14.5 Å². The first-order chi connectivity index (χ1) is 16.3. The second-order valence-electron chi connectivity index (χ2n) is 8.04. The molecule has 0 saturated heterocycles. The smallest absolute Gasteiger partial charge is 0.311 e. The molecule has 0 radical (unpaired) electrons. The van der Waals surface area contributed by atoms with Gasteiger partial charge in [-0.3, -0.25) is 19.7 Å². The molecule has 0 bridgehead atoms. The standard InChI is InChI=1S/C23H22BrN5O5/c24-16-9-10-18-17(11-16)23(31)28(22(27-18)14-5-2-1-3-6-14)26-12-15-7-4-8-19(29(32)33)21(15)34-13-20(25)30/h4,7-12,14H,1-3,5-6,13H2,(H2,25,30). The fourth-order valence-electron chi connectivity index (χ4n) is 4.11. The monoisotopic (exact) mass is 527 g/mol. The number of para-hydroxylation sites is 1. The summed E-state index contributed by atoms with van der Waals surface area (Å²) < 4.78 is 7.33.